The number of nitrogen functional groups attached to an aromatic ring is 1. The second-order valence-corrected chi connectivity index (χ2v) is 8.30. The number of piperidine rings is 1. The molecule has 0 saturated carbocycles. The van der Waals surface area contributed by atoms with Gasteiger partial charge in [-0.05, 0) is 54.8 Å². The molecule has 2 N–H and O–H groups in total. The van der Waals surface area contributed by atoms with Crippen LogP contribution in [0.2, 0.25) is 0 Å². The number of aromatic nitrogens is 2. The Kier molecular flexibility index (Phi) is 5.73. The highest BCUT2D eigenvalue weighted by atomic mass is 16.7. The maximum atomic E-state index is 13.0. The number of fused-ring (bicyclic) bond motifs is 1. The van der Waals surface area contributed by atoms with Gasteiger partial charge in [0.25, 0.3) is 5.91 Å². The topological polar surface area (TPSA) is 99.8 Å². The molecule has 0 unspecified atom stereocenters. The van der Waals surface area contributed by atoms with Gasteiger partial charge in [-0.25, -0.2) is 9.97 Å². The molecule has 33 heavy (non-hydrogen) atoms. The number of carbonyl (C=O) groups excluding carboxylic acids is 1. The molecule has 0 bridgehead atoms. The molecule has 8 nitrogen and oxygen atoms in total. The summed E-state index contributed by atoms with van der Waals surface area (Å²) in [7, 11) is 1.65. The number of rotatable bonds is 5. The minimum Gasteiger partial charge on any atom is -0.497 e. The van der Waals surface area contributed by atoms with E-state index >= 15 is 0 Å². The Balaban J connectivity index is 1.24. The molecule has 0 radical (unpaired) electrons. The van der Waals surface area contributed by atoms with Crippen LogP contribution in [0, 0.1) is 0 Å². The molecule has 1 aromatic heterocycles. The van der Waals surface area contributed by atoms with Crippen molar-refractivity contribution in [2.75, 3.05) is 32.7 Å². The smallest absolute Gasteiger partial charge is 0.253 e. The Bertz CT molecular complexity index is 1160. The van der Waals surface area contributed by atoms with Crippen LogP contribution in [-0.2, 0) is 6.42 Å². The lowest BCUT2D eigenvalue weighted by Gasteiger charge is -2.32. The van der Waals surface area contributed by atoms with E-state index in [1.54, 1.807) is 25.3 Å². The Morgan fingerprint density at radius 2 is 1.82 bits per heavy atom. The predicted molar refractivity (Wildman–Crippen MR) is 123 cm³/mol. The lowest BCUT2D eigenvalue weighted by atomic mass is 9.92. The molecule has 0 atom stereocenters. The minimum absolute atomic E-state index is 0.00847. The van der Waals surface area contributed by atoms with Gasteiger partial charge < -0.3 is 24.8 Å². The minimum atomic E-state index is 0.00847. The van der Waals surface area contributed by atoms with Crippen LogP contribution in [0.4, 0.5) is 5.95 Å². The SMILES string of the molecule is COc1ccc(Cc2cc(C3CCN(C(=O)c4ccc5c(c4)OCO5)CC3)nc(N)n2)cc1. The maximum Gasteiger partial charge on any atom is 0.253 e. The molecule has 1 amide bonds. The van der Waals surface area contributed by atoms with Gasteiger partial charge in [0, 0.05) is 36.7 Å². The van der Waals surface area contributed by atoms with Gasteiger partial charge in [-0.2, -0.15) is 0 Å². The lowest BCUT2D eigenvalue weighted by Crippen LogP contribution is -2.38. The van der Waals surface area contributed by atoms with Crippen LogP contribution in [0.25, 0.3) is 0 Å². The van der Waals surface area contributed by atoms with E-state index in [9.17, 15) is 4.79 Å². The van der Waals surface area contributed by atoms with Crippen molar-refractivity contribution in [1.29, 1.82) is 0 Å². The van der Waals surface area contributed by atoms with Crippen LogP contribution in [0.3, 0.4) is 0 Å². The number of nitrogens with zero attached hydrogens (tertiary/aromatic N) is 3. The molecule has 8 heteroatoms. The van der Waals surface area contributed by atoms with Gasteiger partial charge in [-0.3, -0.25) is 4.79 Å². The van der Waals surface area contributed by atoms with Crippen molar-refractivity contribution in [2.24, 2.45) is 0 Å². The van der Waals surface area contributed by atoms with Crippen molar-refractivity contribution in [3.8, 4) is 17.2 Å². The fraction of sp³-hybridized carbons (Fsp3) is 0.320. The molecule has 2 aromatic carbocycles. The van der Waals surface area contributed by atoms with Crippen molar-refractivity contribution in [2.45, 2.75) is 25.2 Å². The first-order valence-electron chi connectivity index (χ1n) is 11.0. The highest BCUT2D eigenvalue weighted by Gasteiger charge is 2.27. The highest BCUT2D eigenvalue weighted by molar-refractivity contribution is 5.95. The number of benzene rings is 2. The molecule has 1 fully saturated rings. The van der Waals surface area contributed by atoms with Gasteiger partial charge >= 0.3 is 0 Å². The molecule has 5 rings (SSSR count). The Morgan fingerprint density at radius 1 is 1.06 bits per heavy atom. The zero-order chi connectivity index (χ0) is 22.8. The van der Waals surface area contributed by atoms with Gasteiger partial charge in [0.15, 0.2) is 11.5 Å². The van der Waals surface area contributed by atoms with E-state index < -0.39 is 0 Å². The molecule has 0 spiro atoms. The standard InChI is InChI=1S/C25H26N4O4/c1-31-20-5-2-16(3-6-20)12-19-14-21(28-25(26)27-19)17-8-10-29(11-9-17)24(30)18-4-7-22-23(13-18)33-15-32-22/h2-7,13-14,17H,8-12,15H2,1H3,(H2,26,27,28). The average Bonchev–Trinajstić information content (AvgIpc) is 3.32. The number of likely N-dealkylation sites (tertiary alicyclic amines) is 1. The second-order valence-electron chi connectivity index (χ2n) is 8.30. The first-order chi connectivity index (χ1) is 16.1. The summed E-state index contributed by atoms with van der Waals surface area (Å²) in [6.07, 6.45) is 2.33. The number of amides is 1. The largest absolute Gasteiger partial charge is 0.497 e. The highest BCUT2D eigenvalue weighted by Crippen LogP contribution is 2.34. The number of carbonyl (C=O) groups is 1. The zero-order valence-corrected chi connectivity index (χ0v) is 18.5. The zero-order valence-electron chi connectivity index (χ0n) is 18.5. The van der Waals surface area contributed by atoms with Crippen molar-refractivity contribution in [1.82, 2.24) is 14.9 Å². The fourth-order valence-electron chi connectivity index (χ4n) is 4.38. The Labute approximate surface area is 192 Å². The Hall–Kier alpha value is -3.81. The molecule has 1 saturated heterocycles. The molecule has 0 aliphatic carbocycles. The average molecular weight is 447 g/mol. The number of nitrogens with two attached hydrogens (primary N) is 1. The van der Waals surface area contributed by atoms with Gasteiger partial charge in [-0.1, -0.05) is 12.1 Å². The first kappa shape index (κ1) is 21.1. The van der Waals surface area contributed by atoms with Crippen molar-refractivity contribution >= 4 is 11.9 Å². The van der Waals surface area contributed by atoms with Gasteiger partial charge in [0.2, 0.25) is 12.7 Å². The van der Waals surface area contributed by atoms with Crippen LogP contribution in [0.1, 0.15) is 46.1 Å². The Morgan fingerprint density at radius 3 is 2.58 bits per heavy atom. The molecular weight excluding hydrogens is 420 g/mol. The summed E-state index contributed by atoms with van der Waals surface area (Å²) in [5.74, 6) is 2.66. The molecule has 3 heterocycles. The third-order valence-corrected chi connectivity index (χ3v) is 6.18. The third-order valence-electron chi connectivity index (χ3n) is 6.18. The summed E-state index contributed by atoms with van der Waals surface area (Å²) >= 11 is 0. The van der Waals surface area contributed by atoms with Crippen molar-refractivity contribution in [3.63, 3.8) is 0 Å². The van der Waals surface area contributed by atoms with Crippen LogP contribution in [-0.4, -0.2) is 47.8 Å². The van der Waals surface area contributed by atoms with E-state index in [1.807, 2.05) is 35.2 Å². The van der Waals surface area contributed by atoms with Crippen LogP contribution in [0.5, 0.6) is 17.2 Å². The van der Waals surface area contributed by atoms with Crippen molar-refractivity contribution in [3.05, 3.63) is 71.0 Å². The molecule has 2 aliphatic heterocycles. The fourth-order valence-corrected chi connectivity index (χ4v) is 4.38. The summed E-state index contributed by atoms with van der Waals surface area (Å²) in [6.45, 7) is 1.52. The quantitative estimate of drug-likeness (QED) is 0.641. The number of ether oxygens (including phenoxy) is 3. The number of hydrogen-bond donors (Lipinski definition) is 1. The third kappa shape index (κ3) is 4.55. The van der Waals surface area contributed by atoms with Crippen LogP contribution >= 0.6 is 0 Å². The van der Waals surface area contributed by atoms with Crippen molar-refractivity contribution < 1.29 is 19.0 Å². The van der Waals surface area contributed by atoms with Gasteiger partial charge in [0.05, 0.1) is 12.8 Å². The predicted octanol–water partition coefficient (Wildman–Crippen LogP) is 3.41. The number of anilines is 1. The van der Waals surface area contributed by atoms with Crippen LogP contribution < -0.4 is 19.9 Å². The maximum absolute atomic E-state index is 13.0. The lowest BCUT2D eigenvalue weighted by molar-refractivity contribution is 0.0711. The van der Waals surface area contributed by atoms with E-state index in [0.717, 1.165) is 35.5 Å². The molecule has 170 valence electrons. The summed E-state index contributed by atoms with van der Waals surface area (Å²) in [4.78, 5) is 23.8. The summed E-state index contributed by atoms with van der Waals surface area (Å²) in [6, 6.07) is 15.3. The summed E-state index contributed by atoms with van der Waals surface area (Å²) in [5.41, 5.74) is 9.61. The monoisotopic (exact) mass is 446 g/mol. The summed E-state index contributed by atoms with van der Waals surface area (Å²) in [5, 5.41) is 0. The van der Waals surface area contributed by atoms with E-state index in [1.165, 1.54) is 0 Å². The van der Waals surface area contributed by atoms with E-state index in [-0.39, 0.29) is 24.6 Å². The first-order valence-corrected chi connectivity index (χ1v) is 11.0. The molecular formula is C25H26N4O4. The summed E-state index contributed by atoms with van der Waals surface area (Å²) < 4.78 is 16.0. The van der Waals surface area contributed by atoms with Crippen LogP contribution in [0.15, 0.2) is 48.5 Å². The van der Waals surface area contributed by atoms with E-state index in [4.69, 9.17) is 19.9 Å². The van der Waals surface area contributed by atoms with E-state index in [2.05, 4.69) is 9.97 Å². The number of hydrogen-bond acceptors (Lipinski definition) is 7. The van der Waals surface area contributed by atoms with E-state index in [0.29, 0.717) is 36.6 Å². The van der Waals surface area contributed by atoms with Gasteiger partial charge in [-0.15, -0.1) is 0 Å². The second kappa shape index (κ2) is 8.97. The van der Waals surface area contributed by atoms with Gasteiger partial charge in [0.1, 0.15) is 5.75 Å². The number of methoxy groups -OCH3 is 1. The molecule has 3 aromatic rings. The molecule has 2 aliphatic rings. The normalized spacial score (nSPS) is 15.5.